The van der Waals surface area contributed by atoms with E-state index in [-0.39, 0.29) is 36.8 Å². The van der Waals surface area contributed by atoms with Gasteiger partial charge in [-0.3, -0.25) is 9.78 Å². The van der Waals surface area contributed by atoms with Gasteiger partial charge in [-0.1, -0.05) is 11.6 Å². The summed E-state index contributed by atoms with van der Waals surface area (Å²) in [6.45, 7) is 3.10. The molecule has 0 radical (unpaired) electrons. The van der Waals surface area contributed by atoms with E-state index in [0.29, 0.717) is 16.6 Å². The van der Waals surface area contributed by atoms with E-state index in [9.17, 15) is 4.79 Å². The highest BCUT2D eigenvalue weighted by Crippen LogP contribution is 2.15. The van der Waals surface area contributed by atoms with Gasteiger partial charge in [-0.15, -0.1) is 24.8 Å². The normalized spacial score (nSPS) is 21.8. The van der Waals surface area contributed by atoms with Crippen molar-refractivity contribution >= 4 is 42.3 Å². The molecule has 2 N–H and O–H groups in total. The van der Waals surface area contributed by atoms with E-state index >= 15 is 0 Å². The lowest BCUT2D eigenvalue weighted by atomic mass is 9.99. The number of nitrogens with one attached hydrogen (secondary N) is 2. The minimum atomic E-state index is -0.127. The fourth-order valence-corrected chi connectivity index (χ4v) is 2.25. The molecule has 2 heterocycles. The highest BCUT2D eigenvalue weighted by molar-refractivity contribution is 6.33. The number of rotatable bonds is 2. The Balaban J connectivity index is 0.00000162. The first-order valence-corrected chi connectivity index (χ1v) is 6.20. The molecule has 1 saturated heterocycles. The van der Waals surface area contributed by atoms with Gasteiger partial charge in [0.2, 0.25) is 0 Å². The first-order chi connectivity index (χ1) is 8.18. The van der Waals surface area contributed by atoms with Gasteiger partial charge < -0.3 is 10.6 Å². The number of carbonyl (C=O) groups excluding carboxylic acids is 1. The molecule has 1 aliphatic rings. The molecule has 1 aromatic heterocycles. The molecule has 0 aromatic carbocycles. The molecule has 4 nitrogen and oxygen atoms in total. The number of halogens is 3. The molecule has 0 bridgehead atoms. The average Bonchev–Trinajstić information content (AvgIpc) is 2.32. The molecule has 0 aliphatic carbocycles. The molecule has 1 amide bonds. The zero-order valence-electron chi connectivity index (χ0n) is 10.6. The number of pyridine rings is 1. The minimum Gasteiger partial charge on any atom is -0.348 e. The maximum Gasteiger partial charge on any atom is 0.253 e. The van der Waals surface area contributed by atoms with Gasteiger partial charge in [0.25, 0.3) is 5.91 Å². The predicted octanol–water partition coefficient (Wildman–Crippen LogP) is 2.45. The van der Waals surface area contributed by atoms with Crippen LogP contribution in [0.25, 0.3) is 0 Å². The van der Waals surface area contributed by atoms with Crippen LogP contribution in [0.3, 0.4) is 0 Å². The van der Waals surface area contributed by atoms with E-state index in [2.05, 4.69) is 22.5 Å². The standard InChI is InChI=1S/C12H16ClN3O.2ClH/c1-8-11(3-2-5-15-8)16-12(17)9-4-6-14-7-10(9)13;;/h4,6-8,11,15H,2-3,5H2,1H3,(H,16,17);2*1H. The summed E-state index contributed by atoms with van der Waals surface area (Å²) < 4.78 is 0. The third kappa shape index (κ3) is 4.80. The van der Waals surface area contributed by atoms with E-state index in [4.69, 9.17) is 11.6 Å². The highest BCUT2D eigenvalue weighted by Gasteiger charge is 2.23. The van der Waals surface area contributed by atoms with Crippen molar-refractivity contribution < 1.29 is 4.79 Å². The van der Waals surface area contributed by atoms with Gasteiger partial charge in [0.15, 0.2) is 0 Å². The van der Waals surface area contributed by atoms with Crippen LogP contribution in [0.1, 0.15) is 30.1 Å². The first kappa shape index (κ1) is 18.4. The quantitative estimate of drug-likeness (QED) is 0.878. The van der Waals surface area contributed by atoms with Crippen LogP contribution in [0, 0.1) is 0 Å². The Morgan fingerprint density at radius 1 is 1.53 bits per heavy atom. The van der Waals surface area contributed by atoms with Gasteiger partial charge in [0.05, 0.1) is 10.6 Å². The number of aromatic nitrogens is 1. The van der Waals surface area contributed by atoms with Crippen LogP contribution < -0.4 is 10.6 Å². The molecule has 108 valence electrons. The second-order valence-electron chi connectivity index (χ2n) is 4.32. The van der Waals surface area contributed by atoms with Crippen molar-refractivity contribution in [1.29, 1.82) is 0 Å². The topological polar surface area (TPSA) is 54.0 Å². The molecule has 19 heavy (non-hydrogen) atoms. The molecule has 1 fully saturated rings. The summed E-state index contributed by atoms with van der Waals surface area (Å²) in [5.41, 5.74) is 0.486. The van der Waals surface area contributed by atoms with Crippen LogP contribution in [0.2, 0.25) is 5.02 Å². The van der Waals surface area contributed by atoms with Crippen molar-refractivity contribution in [3.63, 3.8) is 0 Å². The van der Waals surface area contributed by atoms with Crippen LogP contribution in [-0.2, 0) is 0 Å². The van der Waals surface area contributed by atoms with Gasteiger partial charge in [-0.05, 0) is 32.4 Å². The maximum absolute atomic E-state index is 12.0. The van der Waals surface area contributed by atoms with E-state index in [1.807, 2.05) is 0 Å². The Morgan fingerprint density at radius 3 is 2.89 bits per heavy atom. The Kier molecular flexibility index (Phi) is 8.34. The smallest absolute Gasteiger partial charge is 0.253 e. The highest BCUT2D eigenvalue weighted by atomic mass is 35.5. The Labute approximate surface area is 130 Å². The van der Waals surface area contributed by atoms with Crippen molar-refractivity contribution in [2.75, 3.05) is 6.54 Å². The van der Waals surface area contributed by atoms with E-state index in [1.54, 1.807) is 12.3 Å². The summed E-state index contributed by atoms with van der Waals surface area (Å²) in [7, 11) is 0. The third-order valence-electron chi connectivity index (χ3n) is 3.10. The van der Waals surface area contributed by atoms with Gasteiger partial charge >= 0.3 is 0 Å². The molecule has 2 rings (SSSR count). The third-order valence-corrected chi connectivity index (χ3v) is 3.40. The minimum absolute atomic E-state index is 0. The Hall–Kier alpha value is -0.550. The van der Waals surface area contributed by atoms with Crippen molar-refractivity contribution in [2.24, 2.45) is 0 Å². The number of hydrogen-bond acceptors (Lipinski definition) is 3. The van der Waals surface area contributed by atoms with Crippen molar-refractivity contribution in [2.45, 2.75) is 31.8 Å². The molecule has 0 spiro atoms. The molecule has 1 aliphatic heterocycles. The van der Waals surface area contributed by atoms with Crippen LogP contribution in [0.4, 0.5) is 0 Å². The number of nitrogens with zero attached hydrogens (tertiary/aromatic N) is 1. The summed E-state index contributed by atoms with van der Waals surface area (Å²) in [5.74, 6) is -0.127. The van der Waals surface area contributed by atoms with Crippen molar-refractivity contribution in [3.05, 3.63) is 29.0 Å². The summed E-state index contributed by atoms with van der Waals surface area (Å²) in [5, 5.41) is 6.75. The second-order valence-corrected chi connectivity index (χ2v) is 4.73. The first-order valence-electron chi connectivity index (χ1n) is 5.82. The molecular formula is C12H18Cl3N3O. The van der Waals surface area contributed by atoms with E-state index in [0.717, 1.165) is 19.4 Å². The summed E-state index contributed by atoms with van der Waals surface area (Å²) in [6, 6.07) is 2.10. The second kappa shape index (κ2) is 8.59. The average molecular weight is 327 g/mol. The maximum atomic E-state index is 12.0. The molecule has 7 heteroatoms. The molecule has 0 saturated carbocycles. The van der Waals surface area contributed by atoms with Crippen LogP contribution >= 0.6 is 36.4 Å². The monoisotopic (exact) mass is 325 g/mol. The zero-order chi connectivity index (χ0) is 12.3. The van der Waals surface area contributed by atoms with Crippen LogP contribution in [-0.4, -0.2) is 29.5 Å². The van der Waals surface area contributed by atoms with Crippen LogP contribution in [0.15, 0.2) is 18.5 Å². The van der Waals surface area contributed by atoms with Gasteiger partial charge in [-0.2, -0.15) is 0 Å². The van der Waals surface area contributed by atoms with Gasteiger partial charge in [0, 0.05) is 24.5 Å². The van der Waals surface area contributed by atoms with E-state index in [1.165, 1.54) is 6.20 Å². The number of piperidine rings is 1. The summed E-state index contributed by atoms with van der Waals surface area (Å²) in [4.78, 5) is 15.9. The Morgan fingerprint density at radius 2 is 2.26 bits per heavy atom. The molecule has 2 atom stereocenters. The summed E-state index contributed by atoms with van der Waals surface area (Å²) >= 11 is 5.93. The fraction of sp³-hybridized carbons (Fsp3) is 0.500. The molecule has 1 aromatic rings. The lowest BCUT2D eigenvalue weighted by molar-refractivity contribution is 0.0920. The summed E-state index contributed by atoms with van der Waals surface area (Å²) in [6.07, 6.45) is 5.14. The lowest BCUT2D eigenvalue weighted by Gasteiger charge is -2.30. The van der Waals surface area contributed by atoms with E-state index < -0.39 is 0 Å². The largest absolute Gasteiger partial charge is 0.348 e. The Bertz CT molecular complexity index is 417. The molecule has 2 unspecified atom stereocenters. The predicted molar refractivity (Wildman–Crippen MR) is 81.7 cm³/mol. The lowest BCUT2D eigenvalue weighted by Crippen LogP contribution is -2.51. The number of hydrogen-bond donors (Lipinski definition) is 2. The SMILES string of the molecule is CC1NCCCC1NC(=O)c1ccncc1Cl.Cl.Cl. The zero-order valence-corrected chi connectivity index (χ0v) is 12.9. The van der Waals surface area contributed by atoms with Gasteiger partial charge in [-0.25, -0.2) is 0 Å². The fourth-order valence-electron chi connectivity index (χ4n) is 2.05. The van der Waals surface area contributed by atoms with Gasteiger partial charge in [0.1, 0.15) is 0 Å². The number of carbonyl (C=O) groups is 1. The van der Waals surface area contributed by atoms with Crippen molar-refractivity contribution in [1.82, 2.24) is 15.6 Å². The molecular weight excluding hydrogens is 309 g/mol. The van der Waals surface area contributed by atoms with Crippen molar-refractivity contribution in [3.8, 4) is 0 Å². The van der Waals surface area contributed by atoms with Crippen LogP contribution in [0.5, 0.6) is 0 Å². The number of amides is 1.